The molecule has 5 heteroatoms. The largest absolute Gasteiger partial charge is 0.383 e. The predicted molar refractivity (Wildman–Crippen MR) is 75.8 cm³/mol. The second-order valence-corrected chi connectivity index (χ2v) is 4.74. The summed E-state index contributed by atoms with van der Waals surface area (Å²) in [5.41, 5.74) is 1.23. The molecule has 0 aliphatic heterocycles. The summed E-state index contributed by atoms with van der Waals surface area (Å²) in [5.74, 6) is 0.864. The minimum absolute atomic E-state index is 0.669. The molecule has 18 heavy (non-hydrogen) atoms. The highest BCUT2D eigenvalue weighted by atomic mass is 79.9. The van der Waals surface area contributed by atoms with Gasteiger partial charge in [-0.15, -0.1) is 0 Å². The summed E-state index contributed by atoms with van der Waals surface area (Å²) in [5, 5.41) is 3.25. The van der Waals surface area contributed by atoms with Crippen molar-refractivity contribution in [3.05, 3.63) is 46.7 Å². The lowest BCUT2D eigenvalue weighted by Crippen LogP contribution is -2.12. The number of methoxy groups -OCH3 is 1. The van der Waals surface area contributed by atoms with Crippen molar-refractivity contribution < 1.29 is 4.74 Å². The van der Waals surface area contributed by atoms with Crippen molar-refractivity contribution in [1.82, 2.24) is 9.55 Å². The van der Waals surface area contributed by atoms with Gasteiger partial charge >= 0.3 is 0 Å². The van der Waals surface area contributed by atoms with Gasteiger partial charge in [0.1, 0.15) is 0 Å². The van der Waals surface area contributed by atoms with Crippen molar-refractivity contribution in [1.29, 1.82) is 0 Å². The second kappa shape index (κ2) is 6.56. The Morgan fingerprint density at radius 2 is 2.22 bits per heavy atom. The molecule has 96 valence electrons. The third-order valence-electron chi connectivity index (χ3n) is 2.60. The van der Waals surface area contributed by atoms with Crippen LogP contribution < -0.4 is 5.32 Å². The lowest BCUT2D eigenvalue weighted by Gasteiger charge is -2.10. The molecule has 2 aromatic rings. The van der Waals surface area contributed by atoms with Crippen molar-refractivity contribution in [2.24, 2.45) is 0 Å². The Balaban J connectivity index is 2.05. The minimum atomic E-state index is 0.669. The van der Waals surface area contributed by atoms with Crippen LogP contribution in [0, 0.1) is 0 Å². The molecular formula is C13H16BrN3O. The van der Waals surface area contributed by atoms with E-state index in [4.69, 9.17) is 4.74 Å². The summed E-state index contributed by atoms with van der Waals surface area (Å²) in [6.45, 7) is 2.21. The Labute approximate surface area is 115 Å². The lowest BCUT2D eigenvalue weighted by atomic mass is 10.2. The van der Waals surface area contributed by atoms with E-state index in [9.17, 15) is 0 Å². The van der Waals surface area contributed by atoms with Gasteiger partial charge in [-0.05, 0) is 11.6 Å². The minimum Gasteiger partial charge on any atom is -0.383 e. The average molecular weight is 310 g/mol. The number of imidazole rings is 1. The molecule has 0 unspecified atom stereocenters. The molecule has 4 nitrogen and oxygen atoms in total. The Bertz CT molecular complexity index is 498. The molecule has 1 N–H and O–H groups in total. The summed E-state index contributed by atoms with van der Waals surface area (Å²) in [7, 11) is 1.69. The zero-order valence-corrected chi connectivity index (χ0v) is 11.9. The van der Waals surface area contributed by atoms with Gasteiger partial charge in [0.2, 0.25) is 5.95 Å². The van der Waals surface area contributed by atoms with E-state index in [0.29, 0.717) is 6.61 Å². The number of aromatic nitrogens is 2. The number of hydrogen-bond donors (Lipinski definition) is 1. The molecule has 0 fully saturated rings. The number of ether oxygens (including phenoxy) is 1. The van der Waals surface area contributed by atoms with Gasteiger partial charge in [0.15, 0.2) is 0 Å². The average Bonchev–Trinajstić information content (AvgIpc) is 2.80. The maximum Gasteiger partial charge on any atom is 0.203 e. The van der Waals surface area contributed by atoms with Gasteiger partial charge in [-0.2, -0.15) is 0 Å². The quantitative estimate of drug-likeness (QED) is 0.834. The van der Waals surface area contributed by atoms with E-state index in [1.54, 1.807) is 13.3 Å². The van der Waals surface area contributed by atoms with Gasteiger partial charge in [0, 0.05) is 30.5 Å². The van der Waals surface area contributed by atoms with E-state index >= 15 is 0 Å². The SMILES string of the molecule is COCCNc1nccn1Cc1ccccc1Br. The summed E-state index contributed by atoms with van der Waals surface area (Å²) < 4.78 is 8.20. The van der Waals surface area contributed by atoms with Gasteiger partial charge < -0.3 is 14.6 Å². The first-order chi connectivity index (χ1) is 8.81. The van der Waals surface area contributed by atoms with E-state index in [-0.39, 0.29) is 0 Å². The van der Waals surface area contributed by atoms with Crippen molar-refractivity contribution in [2.45, 2.75) is 6.54 Å². The maximum atomic E-state index is 5.01. The van der Waals surface area contributed by atoms with Crippen LogP contribution in [0.15, 0.2) is 41.1 Å². The molecule has 0 aliphatic carbocycles. The molecule has 0 saturated carbocycles. The third-order valence-corrected chi connectivity index (χ3v) is 3.38. The molecule has 0 radical (unpaired) electrons. The molecule has 2 rings (SSSR count). The fourth-order valence-electron chi connectivity index (χ4n) is 1.68. The molecule has 0 saturated heterocycles. The zero-order valence-electron chi connectivity index (χ0n) is 10.3. The number of hydrogen-bond acceptors (Lipinski definition) is 3. The van der Waals surface area contributed by atoms with Crippen LogP contribution in [0.4, 0.5) is 5.95 Å². The third kappa shape index (κ3) is 3.34. The van der Waals surface area contributed by atoms with E-state index in [2.05, 4.69) is 36.9 Å². The standard InChI is InChI=1S/C13H16BrN3O/c1-18-9-7-16-13-15-6-8-17(13)10-11-4-2-3-5-12(11)14/h2-6,8H,7,9-10H2,1H3,(H,15,16). The fourth-order valence-corrected chi connectivity index (χ4v) is 2.09. The van der Waals surface area contributed by atoms with Crippen molar-refractivity contribution in [3.8, 4) is 0 Å². The summed E-state index contributed by atoms with van der Waals surface area (Å²) in [6, 6.07) is 8.20. The second-order valence-electron chi connectivity index (χ2n) is 3.89. The number of rotatable bonds is 6. The number of nitrogens with one attached hydrogen (secondary N) is 1. The van der Waals surface area contributed by atoms with Crippen LogP contribution in [0.3, 0.4) is 0 Å². The molecule has 0 aliphatic rings. The van der Waals surface area contributed by atoms with Crippen molar-refractivity contribution in [3.63, 3.8) is 0 Å². The van der Waals surface area contributed by atoms with Crippen molar-refractivity contribution >= 4 is 21.9 Å². The maximum absolute atomic E-state index is 5.01. The van der Waals surface area contributed by atoms with Gasteiger partial charge in [0.05, 0.1) is 13.2 Å². The van der Waals surface area contributed by atoms with Crippen LogP contribution in [-0.4, -0.2) is 29.8 Å². The molecule has 1 aromatic heterocycles. The Kier molecular flexibility index (Phi) is 4.78. The van der Waals surface area contributed by atoms with Crippen molar-refractivity contribution in [2.75, 3.05) is 25.6 Å². The van der Waals surface area contributed by atoms with Crippen LogP contribution in [0.2, 0.25) is 0 Å². The Hall–Kier alpha value is -1.33. The van der Waals surface area contributed by atoms with Gasteiger partial charge in [-0.3, -0.25) is 0 Å². The molecule has 0 bridgehead atoms. The molecule has 0 amide bonds. The highest BCUT2D eigenvalue weighted by Crippen LogP contribution is 2.18. The van der Waals surface area contributed by atoms with Crippen LogP contribution >= 0.6 is 15.9 Å². The molecule has 0 spiro atoms. The lowest BCUT2D eigenvalue weighted by molar-refractivity contribution is 0.210. The van der Waals surface area contributed by atoms with Crippen LogP contribution in [0.5, 0.6) is 0 Å². The highest BCUT2D eigenvalue weighted by molar-refractivity contribution is 9.10. The highest BCUT2D eigenvalue weighted by Gasteiger charge is 2.04. The normalized spacial score (nSPS) is 10.6. The zero-order chi connectivity index (χ0) is 12.8. The van der Waals surface area contributed by atoms with Crippen LogP contribution in [0.25, 0.3) is 0 Å². The number of benzene rings is 1. The molecule has 1 heterocycles. The molecule has 1 aromatic carbocycles. The fraction of sp³-hybridized carbons (Fsp3) is 0.308. The predicted octanol–water partition coefficient (Wildman–Crippen LogP) is 2.75. The van der Waals surface area contributed by atoms with E-state index in [0.717, 1.165) is 23.5 Å². The molecule has 0 atom stereocenters. The number of anilines is 1. The van der Waals surface area contributed by atoms with E-state index < -0.39 is 0 Å². The number of halogens is 1. The Morgan fingerprint density at radius 3 is 3.00 bits per heavy atom. The smallest absolute Gasteiger partial charge is 0.203 e. The first kappa shape index (κ1) is 13.1. The first-order valence-corrected chi connectivity index (χ1v) is 6.58. The topological polar surface area (TPSA) is 39.1 Å². The van der Waals surface area contributed by atoms with Crippen LogP contribution in [0.1, 0.15) is 5.56 Å². The van der Waals surface area contributed by atoms with Gasteiger partial charge in [0.25, 0.3) is 0 Å². The van der Waals surface area contributed by atoms with Gasteiger partial charge in [-0.1, -0.05) is 34.1 Å². The molecular weight excluding hydrogens is 294 g/mol. The van der Waals surface area contributed by atoms with E-state index in [1.165, 1.54) is 5.56 Å². The first-order valence-electron chi connectivity index (χ1n) is 5.78. The van der Waals surface area contributed by atoms with Crippen LogP contribution in [-0.2, 0) is 11.3 Å². The number of nitrogens with zero attached hydrogens (tertiary/aromatic N) is 2. The van der Waals surface area contributed by atoms with Gasteiger partial charge in [-0.25, -0.2) is 4.98 Å². The van der Waals surface area contributed by atoms with E-state index in [1.807, 2.05) is 24.4 Å². The summed E-state index contributed by atoms with van der Waals surface area (Å²) >= 11 is 3.56. The summed E-state index contributed by atoms with van der Waals surface area (Å²) in [6.07, 6.45) is 3.76. The summed E-state index contributed by atoms with van der Waals surface area (Å²) in [4.78, 5) is 4.29. The monoisotopic (exact) mass is 309 g/mol. The Morgan fingerprint density at radius 1 is 1.39 bits per heavy atom.